The molecule has 0 saturated carbocycles. The van der Waals surface area contributed by atoms with E-state index in [1.165, 1.54) is 6.26 Å². The molecule has 0 bridgehead atoms. The Hall–Kier alpha value is -3.34. The first-order valence-corrected chi connectivity index (χ1v) is 8.05. The fourth-order valence-corrected chi connectivity index (χ4v) is 2.97. The molecule has 2 heterocycles. The summed E-state index contributed by atoms with van der Waals surface area (Å²) in [7, 11) is 0. The molecule has 0 aliphatic carbocycles. The number of H-pyrrole nitrogens is 1. The molecule has 1 atom stereocenters. The van der Waals surface area contributed by atoms with Crippen molar-refractivity contribution >= 4 is 16.9 Å². The average Bonchev–Trinajstić information content (AvgIpc) is 3.28. The molecule has 2 aromatic heterocycles. The highest BCUT2D eigenvalue weighted by Gasteiger charge is 2.20. The smallest absolute Gasteiger partial charge is 0.255 e. The number of carbonyl (C=O) groups excluding carboxylic acids is 1. The summed E-state index contributed by atoms with van der Waals surface area (Å²) in [5.74, 6) is 0.443. The maximum absolute atomic E-state index is 12.7. The summed E-state index contributed by atoms with van der Waals surface area (Å²) in [6, 6.07) is 17.3. The van der Waals surface area contributed by atoms with E-state index >= 15 is 0 Å². The Kier molecular flexibility index (Phi) is 3.82. The number of amides is 1. The molecule has 0 aliphatic heterocycles. The van der Waals surface area contributed by atoms with Gasteiger partial charge < -0.3 is 14.7 Å². The van der Waals surface area contributed by atoms with Crippen LogP contribution in [0.15, 0.2) is 71.6 Å². The topological polar surface area (TPSA) is 70.9 Å². The minimum absolute atomic E-state index is 0.162. The van der Waals surface area contributed by atoms with Crippen LogP contribution in [0.25, 0.3) is 11.0 Å². The summed E-state index contributed by atoms with van der Waals surface area (Å²) in [6.45, 7) is 1.78. The normalized spacial score (nSPS) is 12.2. The summed E-state index contributed by atoms with van der Waals surface area (Å²) in [4.78, 5) is 20.1. The Bertz CT molecular complexity index is 1020. The molecule has 2 N–H and O–H groups in total. The van der Waals surface area contributed by atoms with Crippen molar-refractivity contribution in [1.29, 1.82) is 0 Å². The lowest BCUT2D eigenvalue weighted by atomic mass is 9.98. The van der Waals surface area contributed by atoms with Crippen molar-refractivity contribution in [1.82, 2.24) is 15.3 Å². The third kappa shape index (κ3) is 2.92. The van der Waals surface area contributed by atoms with Crippen molar-refractivity contribution in [2.75, 3.05) is 0 Å². The van der Waals surface area contributed by atoms with Gasteiger partial charge in [0.25, 0.3) is 5.91 Å². The molecule has 0 fully saturated rings. The van der Waals surface area contributed by atoms with Crippen LogP contribution in [0.2, 0.25) is 0 Å². The summed E-state index contributed by atoms with van der Waals surface area (Å²) in [5, 5.41) is 3.12. The first-order chi connectivity index (χ1) is 12.2. The molecule has 124 valence electrons. The van der Waals surface area contributed by atoms with Crippen LogP contribution in [0.1, 0.15) is 33.3 Å². The van der Waals surface area contributed by atoms with Gasteiger partial charge in [0, 0.05) is 0 Å². The highest BCUT2D eigenvalue weighted by atomic mass is 16.3. The third-order valence-corrected chi connectivity index (χ3v) is 4.29. The van der Waals surface area contributed by atoms with Crippen molar-refractivity contribution in [3.05, 3.63) is 89.6 Å². The lowest BCUT2D eigenvalue weighted by molar-refractivity contribution is 0.0941. The average molecular weight is 331 g/mol. The van der Waals surface area contributed by atoms with E-state index in [2.05, 4.69) is 15.3 Å². The standard InChI is InChI=1S/C20H17N3O2/c1-13-16(9-10-25-13)20(24)23-19(14-5-3-2-4-6-14)15-7-8-17-18(11-15)22-12-21-17/h2-12,19H,1H3,(H,21,22)(H,23,24)/t19-/m1/s1. The molecule has 0 radical (unpaired) electrons. The van der Waals surface area contributed by atoms with Crippen LogP contribution < -0.4 is 5.32 Å². The molecule has 4 rings (SSSR count). The quantitative estimate of drug-likeness (QED) is 0.594. The van der Waals surface area contributed by atoms with Gasteiger partial charge in [-0.2, -0.15) is 0 Å². The van der Waals surface area contributed by atoms with Crippen LogP contribution in [0.3, 0.4) is 0 Å². The maximum atomic E-state index is 12.7. The minimum Gasteiger partial charge on any atom is -0.469 e. The summed E-state index contributed by atoms with van der Waals surface area (Å²) in [5.41, 5.74) is 4.37. The number of aromatic amines is 1. The Labute approximate surface area is 144 Å². The van der Waals surface area contributed by atoms with Crippen molar-refractivity contribution in [3.63, 3.8) is 0 Å². The van der Waals surface area contributed by atoms with E-state index in [0.29, 0.717) is 11.3 Å². The number of imidazole rings is 1. The Morgan fingerprint density at radius 2 is 1.96 bits per heavy atom. The predicted octanol–water partition coefficient (Wildman–Crippen LogP) is 3.98. The number of aromatic nitrogens is 2. The van der Waals surface area contributed by atoms with Gasteiger partial charge in [0.15, 0.2) is 0 Å². The molecule has 0 aliphatic rings. The van der Waals surface area contributed by atoms with E-state index < -0.39 is 0 Å². The van der Waals surface area contributed by atoms with Crippen molar-refractivity contribution in [2.24, 2.45) is 0 Å². The highest BCUT2D eigenvalue weighted by molar-refractivity contribution is 5.95. The maximum Gasteiger partial charge on any atom is 0.255 e. The van der Waals surface area contributed by atoms with E-state index in [4.69, 9.17) is 4.42 Å². The Balaban J connectivity index is 1.74. The Morgan fingerprint density at radius 3 is 2.72 bits per heavy atom. The van der Waals surface area contributed by atoms with Crippen LogP contribution in [0, 0.1) is 6.92 Å². The van der Waals surface area contributed by atoms with Gasteiger partial charge in [0.1, 0.15) is 5.76 Å². The molecule has 5 nitrogen and oxygen atoms in total. The molecule has 2 aromatic carbocycles. The first kappa shape index (κ1) is 15.2. The number of hydrogen-bond donors (Lipinski definition) is 2. The third-order valence-electron chi connectivity index (χ3n) is 4.29. The number of furan rings is 1. The molecule has 1 amide bonds. The number of rotatable bonds is 4. The second-order valence-electron chi connectivity index (χ2n) is 5.89. The molecule has 5 heteroatoms. The van der Waals surface area contributed by atoms with E-state index in [9.17, 15) is 4.79 Å². The van der Waals surface area contributed by atoms with Crippen LogP contribution in [0.5, 0.6) is 0 Å². The molecule has 25 heavy (non-hydrogen) atoms. The fraction of sp³-hybridized carbons (Fsp3) is 0.100. The number of aryl methyl sites for hydroxylation is 1. The van der Waals surface area contributed by atoms with Crippen LogP contribution >= 0.6 is 0 Å². The minimum atomic E-state index is -0.268. The zero-order chi connectivity index (χ0) is 17.2. The van der Waals surface area contributed by atoms with Crippen LogP contribution in [-0.2, 0) is 0 Å². The van der Waals surface area contributed by atoms with Crippen LogP contribution in [-0.4, -0.2) is 15.9 Å². The second-order valence-corrected chi connectivity index (χ2v) is 5.89. The zero-order valence-electron chi connectivity index (χ0n) is 13.7. The van der Waals surface area contributed by atoms with Crippen molar-refractivity contribution < 1.29 is 9.21 Å². The number of hydrogen-bond acceptors (Lipinski definition) is 3. The molecule has 0 spiro atoms. The molecule has 0 saturated heterocycles. The van der Waals surface area contributed by atoms with Gasteiger partial charge in [-0.3, -0.25) is 4.79 Å². The van der Waals surface area contributed by atoms with Gasteiger partial charge in [-0.15, -0.1) is 0 Å². The van der Waals surface area contributed by atoms with Crippen molar-refractivity contribution in [3.8, 4) is 0 Å². The zero-order valence-corrected chi connectivity index (χ0v) is 13.7. The molecule has 0 unspecified atom stereocenters. The molecular weight excluding hydrogens is 314 g/mol. The van der Waals surface area contributed by atoms with E-state index in [1.807, 2.05) is 48.5 Å². The lowest BCUT2D eigenvalue weighted by Gasteiger charge is -2.20. The predicted molar refractivity (Wildman–Crippen MR) is 95.3 cm³/mol. The largest absolute Gasteiger partial charge is 0.469 e. The second kappa shape index (κ2) is 6.28. The number of fused-ring (bicyclic) bond motifs is 1. The summed E-state index contributed by atoms with van der Waals surface area (Å²) in [6.07, 6.45) is 3.19. The van der Waals surface area contributed by atoms with Gasteiger partial charge in [0.05, 0.1) is 35.2 Å². The van der Waals surface area contributed by atoms with Gasteiger partial charge in [-0.05, 0) is 36.2 Å². The lowest BCUT2D eigenvalue weighted by Crippen LogP contribution is -2.29. The Morgan fingerprint density at radius 1 is 1.12 bits per heavy atom. The first-order valence-electron chi connectivity index (χ1n) is 8.05. The number of carbonyl (C=O) groups is 1. The number of nitrogens with zero attached hydrogens (tertiary/aromatic N) is 1. The van der Waals surface area contributed by atoms with Gasteiger partial charge in [-0.25, -0.2) is 4.98 Å². The van der Waals surface area contributed by atoms with E-state index in [1.54, 1.807) is 19.3 Å². The number of nitrogens with one attached hydrogen (secondary N) is 2. The summed E-state index contributed by atoms with van der Waals surface area (Å²) >= 11 is 0. The molecular formula is C20H17N3O2. The van der Waals surface area contributed by atoms with Gasteiger partial charge in [-0.1, -0.05) is 36.4 Å². The highest BCUT2D eigenvalue weighted by Crippen LogP contribution is 2.25. The van der Waals surface area contributed by atoms with E-state index in [-0.39, 0.29) is 11.9 Å². The number of benzene rings is 2. The fourth-order valence-electron chi connectivity index (χ4n) is 2.97. The van der Waals surface area contributed by atoms with Gasteiger partial charge >= 0.3 is 0 Å². The van der Waals surface area contributed by atoms with Crippen LogP contribution in [0.4, 0.5) is 0 Å². The summed E-state index contributed by atoms with van der Waals surface area (Å²) < 4.78 is 5.25. The van der Waals surface area contributed by atoms with Gasteiger partial charge in [0.2, 0.25) is 0 Å². The van der Waals surface area contributed by atoms with Crippen molar-refractivity contribution in [2.45, 2.75) is 13.0 Å². The van der Waals surface area contributed by atoms with E-state index in [0.717, 1.165) is 22.2 Å². The SMILES string of the molecule is Cc1occc1C(=O)N[C@H](c1ccccc1)c1ccc2nc[nH]c2c1. The molecule has 4 aromatic rings. The monoisotopic (exact) mass is 331 g/mol.